The van der Waals surface area contributed by atoms with Gasteiger partial charge < -0.3 is 4.74 Å². The summed E-state index contributed by atoms with van der Waals surface area (Å²) >= 11 is 0. The van der Waals surface area contributed by atoms with Gasteiger partial charge in [0.15, 0.2) is 5.82 Å². The second-order valence-electron chi connectivity index (χ2n) is 11.2. The highest BCUT2D eigenvalue weighted by atomic mass is 19.1. The molecule has 8 nitrogen and oxygen atoms in total. The molecule has 0 unspecified atom stereocenters. The van der Waals surface area contributed by atoms with Crippen molar-refractivity contribution in [2.75, 3.05) is 0 Å². The molecule has 5 aromatic rings. The Morgan fingerprint density at radius 3 is 2.29 bits per heavy atom. The Morgan fingerprint density at radius 2 is 1.67 bits per heavy atom. The first kappa shape index (κ1) is 28.7. The molecule has 0 aliphatic heterocycles. The SMILES string of the molecule is CCCc1nc(C)c(-c2ccc(OC(C)(C)C)cc2)c(=O)n1Cc1ccc(-c2ccccc2-c2noc(=O)[nH]2)cc1F. The largest absolute Gasteiger partial charge is 0.488 e. The van der Waals surface area contributed by atoms with Crippen LogP contribution in [0.4, 0.5) is 4.39 Å². The van der Waals surface area contributed by atoms with Crippen LogP contribution in [0, 0.1) is 12.7 Å². The number of benzene rings is 3. The quantitative estimate of drug-likeness (QED) is 0.228. The van der Waals surface area contributed by atoms with E-state index < -0.39 is 11.6 Å². The van der Waals surface area contributed by atoms with Gasteiger partial charge in [-0.05, 0) is 69.0 Å². The summed E-state index contributed by atoms with van der Waals surface area (Å²) in [5.41, 5.74) is 3.49. The first-order chi connectivity index (χ1) is 20.0. The minimum atomic E-state index is -0.671. The predicted molar refractivity (Wildman–Crippen MR) is 160 cm³/mol. The van der Waals surface area contributed by atoms with Gasteiger partial charge in [0.2, 0.25) is 0 Å². The van der Waals surface area contributed by atoms with Crippen LogP contribution in [0.5, 0.6) is 5.75 Å². The summed E-state index contributed by atoms with van der Waals surface area (Å²) in [4.78, 5) is 32.8. The molecule has 2 heterocycles. The summed E-state index contributed by atoms with van der Waals surface area (Å²) in [6.45, 7) is 9.80. The number of aryl methyl sites for hydroxylation is 2. The van der Waals surface area contributed by atoms with E-state index in [0.29, 0.717) is 51.5 Å². The molecule has 0 aliphatic carbocycles. The lowest BCUT2D eigenvalue weighted by Crippen LogP contribution is -2.28. The second-order valence-corrected chi connectivity index (χ2v) is 11.2. The number of rotatable bonds is 8. The van der Waals surface area contributed by atoms with Crippen molar-refractivity contribution in [1.82, 2.24) is 19.7 Å². The highest BCUT2D eigenvalue weighted by molar-refractivity contribution is 5.80. The van der Waals surface area contributed by atoms with Crippen LogP contribution < -0.4 is 16.1 Å². The zero-order valence-corrected chi connectivity index (χ0v) is 24.3. The summed E-state index contributed by atoms with van der Waals surface area (Å²) in [6.07, 6.45) is 1.37. The second kappa shape index (κ2) is 11.6. The third kappa shape index (κ3) is 6.10. The maximum Gasteiger partial charge on any atom is 0.439 e. The van der Waals surface area contributed by atoms with Crippen molar-refractivity contribution >= 4 is 0 Å². The van der Waals surface area contributed by atoms with Gasteiger partial charge >= 0.3 is 5.76 Å². The number of hydrogen-bond acceptors (Lipinski definition) is 6. The Hall–Kier alpha value is -4.79. The van der Waals surface area contributed by atoms with Crippen LogP contribution in [-0.2, 0) is 13.0 Å². The third-order valence-electron chi connectivity index (χ3n) is 6.78. The van der Waals surface area contributed by atoms with E-state index in [0.717, 1.165) is 12.0 Å². The summed E-state index contributed by atoms with van der Waals surface area (Å²) in [5, 5.41) is 3.78. The predicted octanol–water partition coefficient (Wildman–Crippen LogP) is 6.55. The van der Waals surface area contributed by atoms with Gasteiger partial charge in [-0.1, -0.05) is 60.6 Å². The Bertz CT molecular complexity index is 1850. The number of H-pyrrole nitrogens is 1. The average molecular weight is 569 g/mol. The minimum Gasteiger partial charge on any atom is -0.488 e. The Balaban J connectivity index is 1.52. The number of nitrogens with zero attached hydrogens (tertiary/aromatic N) is 3. The van der Waals surface area contributed by atoms with E-state index in [1.807, 2.05) is 71.0 Å². The van der Waals surface area contributed by atoms with E-state index in [2.05, 4.69) is 14.7 Å². The fourth-order valence-electron chi connectivity index (χ4n) is 4.97. The van der Waals surface area contributed by atoms with E-state index in [-0.39, 0.29) is 23.5 Å². The van der Waals surface area contributed by atoms with E-state index in [4.69, 9.17) is 9.72 Å². The molecule has 3 aromatic carbocycles. The van der Waals surface area contributed by atoms with Gasteiger partial charge in [-0.25, -0.2) is 14.2 Å². The number of hydrogen-bond donors (Lipinski definition) is 1. The van der Waals surface area contributed by atoms with Crippen LogP contribution in [0.15, 0.2) is 80.8 Å². The van der Waals surface area contributed by atoms with Crippen molar-refractivity contribution in [3.63, 3.8) is 0 Å². The van der Waals surface area contributed by atoms with E-state index >= 15 is 4.39 Å². The molecule has 5 rings (SSSR count). The van der Waals surface area contributed by atoms with Crippen molar-refractivity contribution in [1.29, 1.82) is 0 Å². The maximum absolute atomic E-state index is 15.6. The molecule has 0 atom stereocenters. The molecule has 0 aliphatic rings. The topological polar surface area (TPSA) is 103 Å². The van der Waals surface area contributed by atoms with Gasteiger partial charge in [-0.2, -0.15) is 0 Å². The first-order valence-corrected chi connectivity index (χ1v) is 13.9. The maximum atomic E-state index is 15.6. The Morgan fingerprint density at radius 1 is 0.976 bits per heavy atom. The molecule has 0 spiro atoms. The Labute approximate surface area is 242 Å². The van der Waals surface area contributed by atoms with Crippen LogP contribution in [0.2, 0.25) is 0 Å². The zero-order chi connectivity index (χ0) is 30.0. The van der Waals surface area contributed by atoms with Crippen molar-refractivity contribution in [2.45, 2.75) is 59.6 Å². The van der Waals surface area contributed by atoms with E-state index in [1.165, 1.54) is 6.07 Å². The fourth-order valence-corrected chi connectivity index (χ4v) is 4.97. The van der Waals surface area contributed by atoms with Crippen LogP contribution in [0.3, 0.4) is 0 Å². The number of nitrogens with one attached hydrogen (secondary N) is 1. The lowest BCUT2D eigenvalue weighted by Gasteiger charge is -2.21. The number of halogens is 1. The monoisotopic (exact) mass is 568 g/mol. The summed E-state index contributed by atoms with van der Waals surface area (Å²) < 4.78 is 27.8. The van der Waals surface area contributed by atoms with Gasteiger partial charge in [-0.15, -0.1) is 0 Å². The number of ether oxygens (including phenoxy) is 1. The van der Waals surface area contributed by atoms with E-state index in [1.54, 1.807) is 28.8 Å². The zero-order valence-electron chi connectivity index (χ0n) is 24.3. The molecule has 0 fully saturated rings. The molecule has 0 saturated carbocycles. The molecule has 0 saturated heterocycles. The van der Waals surface area contributed by atoms with Crippen molar-refractivity contribution < 1.29 is 13.7 Å². The van der Waals surface area contributed by atoms with Gasteiger partial charge in [0, 0.05) is 17.5 Å². The van der Waals surface area contributed by atoms with Crippen molar-refractivity contribution in [2.24, 2.45) is 0 Å². The lowest BCUT2D eigenvalue weighted by atomic mass is 9.98. The van der Waals surface area contributed by atoms with Crippen molar-refractivity contribution in [3.8, 4) is 39.4 Å². The van der Waals surface area contributed by atoms with Gasteiger partial charge in [0.1, 0.15) is 23.0 Å². The van der Waals surface area contributed by atoms with Gasteiger partial charge in [0.05, 0.1) is 17.8 Å². The molecule has 216 valence electrons. The van der Waals surface area contributed by atoms with Gasteiger partial charge in [-0.3, -0.25) is 18.9 Å². The molecule has 0 radical (unpaired) electrons. The molecule has 0 bridgehead atoms. The summed E-state index contributed by atoms with van der Waals surface area (Å²) in [5.74, 6) is 0.441. The summed E-state index contributed by atoms with van der Waals surface area (Å²) in [7, 11) is 0. The molecular weight excluding hydrogens is 535 g/mol. The molecule has 42 heavy (non-hydrogen) atoms. The summed E-state index contributed by atoms with van der Waals surface area (Å²) in [6, 6.07) is 19.5. The first-order valence-electron chi connectivity index (χ1n) is 13.9. The molecule has 0 amide bonds. The van der Waals surface area contributed by atoms with Crippen LogP contribution >= 0.6 is 0 Å². The third-order valence-corrected chi connectivity index (χ3v) is 6.78. The van der Waals surface area contributed by atoms with Crippen LogP contribution in [0.1, 0.15) is 51.2 Å². The fraction of sp³-hybridized carbons (Fsp3) is 0.273. The standard InChI is InChI=1S/C33H33FN4O4/c1-6-9-28-35-20(2)29(21-14-16-24(17-15-21)41-33(3,4)5)31(39)38(28)19-23-13-12-22(18-27(23)34)25-10-7-8-11-26(25)30-36-32(40)42-37-30/h7-8,10-18H,6,9,19H2,1-5H3,(H,36,37,40). The number of aromatic nitrogens is 4. The van der Waals surface area contributed by atoms with E-state index in [9.17, 15) is 9.59 Å². The highest BCUT2D eigenvalue weighted by Gasteiger charge is 2.19. The minimum absolute atomic E-state index is 0.0318. The molecule has 2 aromatic heterocycles. The Kier molecular flexibility index (Phi) is 7.93. The lowest BCUT2D eigenvalue weighted by molar-refractivity contribution is 0.131. The molecular formula is C33H33FN4O4. The van der Waals surface area contributed by atoms with Gasteiger partial charge in [0.25, 0.3) is 5.56 Å². The smallest absolute Gasteiger partial charge is 0.439 e. The average Bonchev–Trinajstić information content (AvgIpc) is 3.38. The normalized spacial score (nSPS) is 11.6. The molecule has 9 heteroatoms. The number of aromatic amines is 1. The van der Waals surface area contributed by atoms with Crippen LogP contribution in [0.25, 0.3) is 33.6 Å². The highest BCUT2D eigenvalue weighted by Crippen LogP contribution is 2.31. The van der Waals surface area contributed by atoms with Crippen LogP contribution in [-0.4, -0.2) is 25.3 Å². The van der Waals surface area contributed by atoms with Crippen molar-refractivity contribution in [3.05, 3.63) is 111 Å². The molecule has 1 N–H and O–H groups in total.